The maximum Gasteiger partial charge on any atom is 0.441 e. The normalized spacial score (nSPS) is 13.2. The van der Waals surface area contributed by atoms with E-state index in [1.54, 1.807) is 6.07 Å². The molecule has 1 atom stereocenters. The van der Waals surface area contributed by atoms with Crippen LogP contribution in [0.3, 0.4) is 0 Å². The molecule has 0 aliphatic heterocycles. The van der Waals surface area contributed by atoms with Crippen LogP contribution >= 0.6 is 11.8 Å². The van der Waals surface area contributed by atoms with E-state index in [4.69, 9.17) is 4.74 Å². The quantitative estimate of drug-likeness (QED) is 0.686. The van der Waals surface area contributed by atoms with Crippen molar-refractivity contribution in [2.75, 3.05) is 25.4 Å². The van der Waals surface area contributed by atoms with Gasteiger partial charge in [-0.3, -0.25) is 0 Å². The Morgan fingerprint density at radius 2 is 2.14 bits per heavy atom. The second-order valence-corrected chi connectivity index (χ2v) is 5.62. The molecule has 0 heterocycles. The van der Waals surface area contributed by atoms with Crippen LogP contribution < -0.4 is 10.1 Å². The summed E-state index contributed by atoms with van der Waals surface area (Å²) in [7, 11) is 0. The molecule has 0 radical (unpaired) electrons. The lowest BCUT2D eigenvalue weighted by Gasteiger charge is -2.14. The van der Waals surface area contributed by atoms with Gasteiger partial charge in [0, 0.05) is 18.8 Å². The van der Waals surface area contributed by atoms with Gasteiger partial charge in [-0.2, -0.15) is 13.2 Å². The molecule has 0 saturated carbocycles. The zero-order valence-corrected chi connectivity index (χ0v) is 12.6. The van der Waals surface area contributed by atoms with E-state index in [9.17, 15) is 18.3 Å². The number of aryl methyl sites for hydroxylation is 1. The molecule has 0 fully saturated rings. The number of thioether (sulfide) groups is 1. The van der Waals surface area contributed by atoms with Gasteiger partial charge < -0.3 is 15.2 Å². The van der Waals surface area contributed by atoms with Crippen LogP contribution in [0, 0.1) is 0 Å². The van der Waals surface area contributed by atoms with Gasteiger partial charge in [0.2, 0.25) is 0 Å². The third-order valence-corrected chi connectivity index (χ3v) is 3.41. The topological polar surface area (TPSA) is 41.5 Å². The van der Waals surface area contributed by atoms with E-state index < -0.39 is 11.6 Å². The number of benzene rings is 1. The number of ether oxygens (including phenoxy) is 1. The van der Waals surface area contributed by atoms with E-state index in [-0.39, 0.29) is 37.2 Å². The van der Waals surface area contributed by atoms with Gasteiger partial charge in [0.15, 0.2) is 0 Å². The number of rotatable bonds is 9. The predicted octanol–water partition coefficient (Wildman–Crippen LogP) is 2.83. The fourth-order valence-corrected chi connectivity index (χ4v) is 2.09. The van der Waals surface area contributed by atoms with Crippen LogP contribution in [0.1, 0.15) is 12.5 Å². The summed E-state index contributed by atoms with van der Waals surface area (Å²) in [6.07, 6.45) is 0.143. The first-order valence-corrected chi connectivity index (χ1v) is 7.70. The molecule has 1 aromatic rings. The number of nitrogens with one attached hydrogen (secondary N) is 1. The number of hydrogen-bond acceptors (Lipinski definition) is 4. The molecule has 3 nitrogen and oxygen atoms in total. The molecule has 0 aromatic heterocycles. The van der Waals surface area contributed by atoms with E-state index >= 15 is 0 Å². The Kier molecular flexibility index (Phi) is 7.92. The first-order valence-electron chi connectivity index (χ1n) is 6.72. The highest BCUT2D eigenvalue weighted by atomic mass is 32.2. The number of aliphatic hydroxyl groups excluding tert-OH is 1. The first kappa shape index (κ1) is 18.1. The molecule has 0 aliphatic carbocycles. The summed E-state index contributed by atoms with van der Waals surface area (Å²) in [5, 5.41) is 12.4. The minimum Gasteiger partial charge on any atom is -0.491 e. The van der Waals surface area contributed by atoms with Crippen LogP contribution in [-0.2, 0) is 6.42 Å². The fraction of sp³-hybridized carbons (Fsp3) is 0.571. The number of aliphatic hydroxyl groups is 1. The summed E-state index contributed by atoms with van der Waals surface area (Å²) in [5.74, 6) is 0.608. The third-order valence-electron chi connectivity index (χ3n) is 2.67. The molecule has 0 aliphatic rings. The summed E-state index contributed by atoms with van der Waals surface area (Å²) in [4.78, 5) is 0. The van der Waals surface area contributed by atoms with Gasteiger partial charge in [0.05, 0.1) is 0 Å². The van der Waals surface area contributed by atoms with Crippen molar-refractivity contribution >= 4 is 11.8 Å². The highest BCUT2D eigenvalue weighted by Gasteiger charge is 2.27. The molecular weight excluding hydrogens is 303 g/mol. The monoisotopic (exact) mass is 323 g/mol. The van der Waals surface area contributed by atoms with Gasteiger partial charge in [-0.15, -0.1) is 0 Å². The van der Waals surface area contributed by atoms with Gasteiger partial charge in [0.1, 0.15) is 18.5 Å². The summed E-state index contributed by atoms with van der Waals surface area (Å²) < 4.78 is 41.1. The average molecular weight is 323 g/mol. The molecule has 1 unspecified atom stereocenters. The van der Waals surface area contributed by atoms with Crippen molar-refractivity contribution in [2.24, 2.45) is 0 Å². The van der Waals surface area contributed by atoms with Crippen LogP contribution in [-0.4, -0.2) is 42.2 Å². The standard InChI is InChI=1S/C14H20F3NO2S/c1-2-11-4-3-5-13(8-11)20-10-12(19)9-18-6-7-21-14(15,16)17/h3-5,8,12,18-19H,2,6-7,9-10H2,1H3. The summed E-state index contributed by atoms with van der Waals surface area (Å²) >= 11 is -0.0758. The zero-order valence-electron chi connectivity index (χ0n) is 11.8. The smallest absolute Gasteiger partial charge is 0.441 e. The number of hydrogen-bond donors (Lipinski definition) is 2. The van der Waals surface area contributed by atoms with Gasteiger partial charge in [0.25, 0.3) is 0 Å². The molecule has 1 rings (SSSR count). The number of alkyl halides is 3. The van der Waals surface area contributed by atoms with Gasteiger partial charge in [-0.25, -0.2) is 0 Å². The lowest BCUT2D eigenvalue weighted by atomic mass is 10.2. The van der Waals surface area contributed by atoms with Crippen molar-refractivity contribution in [3.8, 4) is 5.75 Å². The van der Waals surface area contributed by atoms with Gasteiger partial charge in [-0.05, 0) is 35.9 Å². The van der Waals surface area contributed by atoms with Crippen LogP contribution in [0.2, 0.25) is 0 Å². The Morgan fingerprint density at radius 3 is 2.81 bits per heavy atom. The van der Waals surface area contributed by atoms with Crippen LogP contribution in [0.15, 0.2) is 24.3 Å². The van der Waals surface area contributed by atoms with E-state index in [1.807, 2.05) is 25.1 Å². The molecular formula is C14H20F3NO2S. The molecule has 1 aromatic carbocycles. The maximum atomic E-state index is 11.9. The third kappa shape index (κ3) is 8.85. The van der Waals surface area contributed by atoms with E-state index in [0.29, 0.717) is 5.75 Å². The molecule has 21 heavy (non-hydrogen) atoms. The molecule has 0 saturated heterocycles. The molecule has 7 heteroatoms. The summed E-state index contributed by atoms with van der Waals surface area (Å²) in [6, 6.07) is 7.58. The molecule has 2 N–H and O–H groups in total. The molecule has 0 bridgehead atoms. The second-order valence-electron chi connectivity index (χ2n) is 4.46. The van der Waals surface area contributed by atoms with E-state index in [2.05, 4.69) is 5.32 Å². The van der Waals surface area contributed by atoms with Gasteiger partial charge in [-0.1, -0.05) is 19.1 Å². The summed E-state index contributed by atoms with van der Waals surface area (Å²) in [6.45, 7) is 2.53. The van der Waals surface area contributed by atoms with Crippen molar-refractivity contribution in [3.05, 3.63) is 29.8 Å². The van der Waals surface area contributed by atoms with Crippen molar-refractivity contribution < 1.29 is 23.0 Å². The summed E-state index contributed by atoms with van der Waals surface area (Å²) in [5.41, 5.74) is -3.06. The van der Waals surface area contributed by atoms with E-state index in [0.717, 1.165) is 12.0 Å². The second kappa shape index (κ2) is 9.17. The van der Waals surface area contributed by atoms with Crippen LogP contribution in [0.5, 0.6) is 5.75 Å². The van der Waals surface area contributed by atoms with Gasteiger partial charge >= 0.3 is 5.51 Å². The Labute approximate surface area is 126 Å². The Hall–Kier alpha value is -0.920. The Bertz CT molecular complexity index is 415. The fourth-order valence-electron chi connectivity index (χ4n) is 1.61. The largest absolute Gasteiger partial charge is 0.491 e. The van der Waals surface area contributed by atoms with Crippen molar-refractivity contribution in [1.82, 2.24) is 5.32 Å². The lowest BCUT2D eigenvalue weighted by Crippen LogP contribution is -2.32. The van der Waals surface area contributed by atoms with Crippen molar-refractivity contribution in [3.63, 3.8) is 0 Å². The molecule has 0 spiro atoms. The van der Waals surface area contributed by atoms with Crippen molar-refractivity contribution in [2.45, 2.75) is 25.0 Å². The SMILES string of the molecule is CCc1cccc(OCC(O)CNCCSC(F)(F)F)c1. The number of halogens is 3. The molecule has 0 amide bonds. The van der Waals surface area contributed by atoms with Crippen LogP contribution in [0.4, 0.5) is 13.2 Å². The maximum absolute atomic E-state index is 11.9. The zero-order chi connectivity index (χ0) is 15.7. The van der Waals surface area contributed by atoms with E-state index in [1.165, 1.54) is 0 Å². The molecule has 120 valence electrons. The Morgan fingerprint density at radius 1 is 1.38 bits per heavy atom. The average Bonchev–Trinajstić information content (AvgIpc) is 2.44. The highest BCUT2D eigenvalue weighted by molar-refractivity contribution is 8.00. The lowest BCUT2D eigenvalue weighted by molar-refractivity contribution is -0.0327. The Balaban J connectivity index is 2.14. The highest BCUT2D eigenvalue weighted by Crippen LogP contribution is 2.29. The predicted molar refractivity (Wildman–Crippen MR) is 78.7 cm³/mol. The minimum atomic E-state index is -4.20. The first-order chi connectivity index (χ1) is 9.90. The van der Waals surface area contributed by atoms with Crippen LogP contribution in [0.25, 0.3) is 0 Å². The van der Waals surface area contributed by atoms with Crippen molar-refractivity contribution in [1.29, 1.82) is 0 Å². The minimum absolute atomic E-state index is 0.0738.